The smallest absolute Gasteiger partial charge is 0.338 e. The lowest BCUT2D eigenvalue weighted by atomic mass is 9.92. The van der Waals surface area contributed by atoms with Gasteiger partial charge in [-0.1, -0.05) is 281 Å². The van der Waals surface area contributed by atoms with Gasteiger partial charge < -0.3 is 18.9 Å². The highest BCUT2D eigenvalue weighted by molar-refractivity contribution is 5.90. The Bertz CT molecular complexity index is 1430. The second kappa shape index (κ2) is 46.1. The molecular weight excluding hydrogens is 885 g/mol. The highest BCUT2D eigenvalue weighted by Crippen LogP contribution is 2.25. The van der Waals surface area contributed by atoms with Crippen LogP contribution in [0.2, 0.25) is 0 Å². The molecule has 2 aromatic rings. The number of hydrogen-bond donors (Lipinski definition) is 0. The van der Waals surface area contributed by atoms with Crippen molar-refractivity contribution >= 4 is 23.9 Å². The zero-order valence-corrected chi connectivity index (χ0v) is 45.7. The van der Waals surface area contributed by atoms with E-state index in [1.54, 1.807) is 48.5 Å². The van der Waals surface area contributed by atoms with Gasteiger partial charge in [-0.05, 0) is 37.1 Å². The summed E-state index contributed by atoms with van der Waals surface area (Å²) in [7, 11) is 0. The monoisotopic (exact) mass is 989 g/mol. The van der Waals surface area contributed by atoms with Gasteiger partial charge in [-0.15, -0.1) is 0 Å². The minimum atomic E-state index is -1.32. The fraction of sp³-hybridized carbons (Fsp3) is 0.746. The van der Waals surface area contributed by atoms with Gasteiger partial charge in [-0.3, -0.25) is 9.59 Å². The number of benzene rings is 2. The van der Waals surface area contributed by atoms with Crippen molar-refractivity contribution in [1.82, 2.24) is 0 Å². The molecule has 0 aliphatic heterocycles. The molecule has 8 nitrogen and oxygen atoms in total. The van der Waals surface area contributed by atoms with Gasteiger partial charge in [0.2, 0.25) is 0 Å². The lowest BCUT2D eigenvalue weighted by Gasteiger charge is -2.31. The maximum atomic E-state index is 13.2. The molecule has 0 aliphatic rings. The molecule has 0 aliphatic carbocycles. The molecule has 2 rings (SSSR count). The predicted octanol–water partition coefficient (Wildman–Crippen LogP) is 18.4. The van der Waals surface area contributed by atoms with Crippen molar-refractivity contribution in [2.75, 3.05) is 26.4 Å². The van der Waals surface area contributed by atoms with Crippen molar-refractivity contribution in [3.05, 3.63) is 71.8 Å². The van der Waals surface area contributed by atoms with E-state index < -0.39 is 17.4 Å². The Morgan fingerprint density at radius 1 is 0.296 bits per heavy atom. The van der Waals surface area contributed by atoms with Crippen LogP contribution >= 0.6 is 0 Å². The normalized spacial score (nSPS) is 11.4. The van der Waals surface area contributed by atoms with Crippen LogP contribution in [0.15, 0.2) is 60.7 Å². The third-order valence-corrected chi connectivity index (χ3v) is 14.1. The lowest BCUT2D eigenvalue weighted by Crippen LogP contribution is -2.44. The summed E-state index contributed by atoms with van der Waals surface area (Å²) in [4.78, 5) is 52.7. The molecule has 0 spiro atoms. The third-order valence-electron chi connectivity index (χ3n) is 14.1. The maximum absolute atomic E-state index is 13.2. The van der Waals surface area contributed by atoms with Crippen molar-refractivity contribution in [3.63, 3.8) is 0 Å². The van der Waals surface area contributed by atoms with Crippen LogP contribution in [-0.2, 0) is 28.5 Å². The number of ether oxygens (including phenoxy) is 4. The second-order valence-corrected chi connectivity index (χ2v) is 20.9. The molecule has 0 saturated heterocycles. The molecule has 0 bridgehead atoms. The summed E-state index contributed by atoms with van der Waals surface area (Å²) in [5.74, 6) is -1.92. The quantitative estimate of drug-likeness (QED) is 0.0367. The van der Waals surface area contributed by atoms with Gasteiger partial charge in [0, 0.05) is 12.8 Å². The Balaban J connectivity index is 1.76. The molecule has 0 amide bonds. The molecule has 0 saturated carbocycles. The van der Waals surface area contributed by atoms with Crippen LogP contribution < -0.4 is 0 Å². The summed E-state index contributed by atoms with van der Waals surface area (Å²) in [5, 5.41) is 0. The molecule has 0 aromatic heterocycles. The number of hydrogen-bond acceptors (Lipinski definition) is 8. The van der Waals surface area contributed by atoms with Gasteiger partial charge in [0.25, 0.3) is 0 Å². The molecular formula is C63H104O8. The summed E-state index contributed by atoms with van der Waals surface area (Å²) in [6.07, 6.45) is 49.1. The first-order valence-corrected chi connectivity index (χ1v) is 29.6. The molecule has 0 atom stereocenters. The number of carbonyl (C=O) groups is 4. The van der Waals surface area contributed by atoms with Crippen molar-refractivity contribution < 1.29 is 38.1 Å². The molecule has 0 heterocycles. The summed E-state index contributed by atoms with van der Waals surface area (Å²) in [6, 6.07) is 17.2. The van der Waals surface area contributed by atoms with Crippen molar-refractivity contribution in [1.29, 1.82) is 0 Å². The number of esters is 4. The first kappa shape index (κ1) is 63.4. The Morgan fingerprint density at radius 3 is 0.746 bits per heavy atom. The van der Waals surface area contributed by atoms with E-state index in [1.165, 1.54) is 205 Å². The first-order chi connectivity index (χ1) is 34.9. The third kappa shape index (κ3) is 36.8. The van der Waals surface area contributed by atoms with E-state index in [-0.39, 0.29) is 51.2 Å². The van der Waals surface area contributed by atoms with Gasteiger partial charge in [0.05, 0.1) is 11.1 Å². The lowest BCUT2D eigenvalue weighted by molar-refractivity contribution is -0.159. The molecule has 404 valence electrons. The minimum Gasteiger partial charge on any atom is -0.465 e. The minimum absolute atomic E-state index is 0.248. The van der Waals surface area contributed by atoms with Crippen LogP contribution in [0.1, 0.15) is 291 Å². The van der Waals surface area contributed by atoms with E-state index in [9.17, 15) is 19.2 Å². The van der Waals surface area contributed by atoms with Crippen LogP contribution in [0, 0.1) is 5.41 Å². The van der Waals surface area contributed by atoms with Crippen LogP contribution in [0.3, 0.4) is 0 Å². The Hall–Kier alpha value is -3.68. The summed E-state index contributed by atoms with van der Waals surface area (Å²) < 4.78 is 23.3. The van der Waals surface area contributed by atoms with Gasteiger partial charge in [-0.2, -0.15) is 0 Å². The molecule has 0 N–H and O–H groups in total. The van der Waals surface area contributed by atoms with Gasteiger partial charge in [0.1, 0.15) is 31.8 Å². The SMILES string of the molecule is CCCCCCCCCCCCCCCCCCCCCC(=O)OCC(COC(=O)CCCCCCCCCCCCCCCCCCCCC)(COC(=O)c1ccccc1)COC(=O)c1ccccc1. The molecule has 8 heteroatoms. The van der Waals surface area contributed by atoms with Gasteiger partial charge in [0.15, 0.2) is 0 Å². The zero-order chi connectivity index (χ0) is 51.0. The average molecular weight is 990 g/mol. The van der Waals surface area contributed by atoms with Crippen LogP contribution in [0.5, 0.6) is 0 Å². The van der Waals surface area contributed by atoms with Gasteiger partial charge >= 0.3 is 23.9 Å². The molecule has 0 radical (unpaired) electrons. The van der Waals surface area contributed by atoms with E-state index in [0.29, 0.717) is 24.0 Å². The molecule has 71 heavy (non-hydrogen) atoms. The Labute approximate surface area is 434 Å². The van der Waals surface area contributed by atoms with Crippen LogP contribution in [0.4, 0.5) is 0 Å². The first-order valence-electron chi connectivity index (χ1n) is 29.6. The fourth-order valence-electron chi connectivity index (χ4n) is 9.31. The average Bonchev–Trinajstić information content (AvgIpc) is 3.39. The predicted molar refractivity (Wildman–Crippen MR) is 294 cm³/mol. The number of rotatable bonds is 50. The van der Waals surface area contributed by atoms with E-state index >= 15 is 0 Å². The van der Waals surface area contributed by atoms with Crippen molar-refractivity contribution in [2.45, 2.75) is 271 Å². The highest BCUT2D eigenvalue weighted by atomic mass is 16.6. The molecule has 0 unspecified atom stereocenters. The summed E-state index contributed by atoms with van der Waals surface area (Å²) in [6.45, 7) is 3.48. The zero-order valence-electron chi connectivity index (χ0n) is 45.7. The summed E-state index contributed by atoms with van der Waals surface area (Å²) >= 11 is 0. The number of carbonyl (C=O) groups excluding carboxylic acids is 4. The standard InChI is InChI=1S/C63H104O8/c1-3-5-7-9-11-13-15-17-19-21-23-25-27-29-31-33-35-37-45-51-59(64)68-53-63(55-70-61(66)57-47-41-39-42-48-57,56-71-62(67)58-49-43-40-44-50-58)54-69-60(65)52-46-38-36-34-32-30-28-26-24-22-20-18-16-14-12-10-8-6-4-2/h39-44,47-50H,3-38,45-46,51-56H2,1-2H3. The molecule has 2 aromatic carbocycles. The van der Waals surface area contributed by atoms with E-state index in [4.69, 9.17) is 18.9 Å². The van der Waals surface area contributed by atoms with Crippen LogP contribution in [0.25, 0.3) is 0 Å². The van der Waals surface area contributed by atoms with Crippen molar-refractivity contribution in [3.8, 4) is 0 Å². The summed E-state index contributed by atoms with van der Waals surface area (Å²) in [5.41, 5.74) is -0.614. The van der Waals surface area contributed by atoms with E-state index in [1.807, 2.05) is 12.1 Å². The second-order valence-electron chi connectivity index (χ2n) is 20.9. The van der Waals surface area contributed by atoms with Gasteiger partial charge in [-0.25, -0.2) is 9.59 Å². The van der Waals surface area contributed by atoms with Crippen molar-refractivity contribution in [2.24, 2.45) is 5.41 Å². The Kier molecular flexibility index (Phi) is 41.2. The largest absolute Gasteiger partial charge is 0.465 e. The topological polar surface area (TPSA) is 105 Å². The van der Waals surface area contributed by atoms with E-state index in [2.05, 4.69) is 13.8 Å². The highest BCUT2D eigenvalue weighted by Gasteiger charge is 2.38. The van der Waals surface area contributed by atoms with Crippen LogP contribution in [-0.4, -0.2) is 50.3 Å². The number of unbranched alkanes of at least 4 members (excludes halogenated alkanes) is 36. The van der Waals surface area contributed by atoms with E-state index in [0.717, 1.165) is 25.7 Å². The maximum Gasteiger partial charge on any atom is 0.338 e. The fourth-order valence-corrected chi connectivity index (χ4v) is 9.31. The Morgan fingerprint density at radius 2 is 0.507 bits per heavy atom. The molecule has 0 fully saturated rings.